The summed E-state index contributed by atoms with van der Waals surface area (Å²) >= 11 is 0. The van der Waals surface area contributed by atoms with E-state index in [1.54, 1.807) is 0 Å². The van der Waals surface area contributed by atoms with E-state index in [0.29, 0.717) is 0 Å². The summed E-state index contributed by atoms with van der Waals surface area (Å²) in [5, 5.41) is 39.8. The molecule has 1 fully saturated rings. The molecule has 9 heteroatoms. The normalized spacial score (nSPS) is 34.7. The van der Waals surface area contributed by atoms with Gasteiger partial charge in [0.25, 0.3) is 0 Å². The Hall–Kier alpha value is -1.26. The second-order valence-corrected chi connectivity index (χ2v) is 4.10. The van der Waals surface area contributed by atoms with Gasteiger partial charge in [-0.25, -0.2) is 0 Å². The van der Waals surface area contributed by atoms with Crippen molar-refractivity contribution in [1.29, 1.82) is 0 Å². The van der Waals surface area contributed by atoms with E-state index in [4.69, 9.17) is 9.84 Å². The van der Waals surface area contributed by atoms with E-state index in [2.05, 4.69) is 10.1 Å². The molecule has 1 heterocycles. The van der Waals surface area contributed by atoms with Gasteiger partial charge in [-0.05, 0) is 0 Å². The van der Waals surface area contributed by atoms with Crippen LogP contribution < -0.4 is 5.32 Å². The second kappa shape index (κ2) is 6.78. The van der Waals surface area contributed by atoms with E-state index >= 15 is 0 Å². The summed E-state index contributed by atoms with van der Waals surface area (Å²) < 4.78 is 9.56. The van der Waals surface area contributed by atoms with Crippen molar-refractivity contribution in [3.63, 3.8) is 0 Å². The number of amides is 1. The molecule has 19 heavy (non-hydrogen) atoms. The average molecular weight is 279 g/mol. The molecule has 1 saturated heterocycles. The van der Waals surface area contributed by atoms with Crippen LogP contribution in [0.1, 0.15) is 6.92 Å². The molecule has 0 aromatic heterocycles. The van der Waals surface area contributed by atoms with Crippen molar-refractivity contribution in [2.24, 2.45) is 0 Å². The third-order valence-electron chi connectivity index (χ3n) is 2.64. The fourth-order valence-electron chi connectivity index (χ4n) is 1.67. The zero-order valence-electron chi connectivity index (χ0n) is 10.2. The molecule has 0 aromatic rings. The molecule has 0 aromatic carbocycles. The second-order valence-electron chi connectivity index (χ2n) is 4.10. The van der Waals surface area contributed by atoms with Crippen LogP contribution in [0.3, 0.4) is 0 Å². The van der Waals surface area contributed by atoms with Crippen molar-refractivity contribution in [1.82, 2.24) is 5.32 Å². The molecule has 9 nitrogen and oxygen atoms in total. The van der Waals surface area contributed by atoms with Crippen LogP contribution in [0.5, 0.6) is 0 Å². The van der Waals surface area contributed by atoms with Gasteiger partial charge in [-0.2, -0.15) is 0 Å². The Morgan fingerprint density at radius 1 is 1.26 bits per heavy atom. The Morgan fingerprint density at radius 2 is 1.89 bits per heavy atom. The summed E-state index contributed by atoms with van der Waals surface area (Å²) in [6.45, 7) is -0.0134. The van der Waals surface area contributed by atoms with E-state index in [1.807, 2.05) is 0 Å². The van der Waals surface area contributed by atoms with Gasteiger partial charge in [0.2, 0.25) is 5.91 Å². The largest absolute Gasteiger partial charge is 0.463 e. The number of hydrogen-bond donors (Lipinski definition) is 5. The van der Waals surface area contributed by atoms with Crippen molar-refractivity contribution in [3.8, 4) is 0 Å². The molecule has 1 aliphatic rings. The fourth-order valence-corrected chi connectivity index (χ4v) is 1.67. The number of aliphatic hydroxyl groups is 4. The molecular formula is C10H17NO8. The summed E-state index contributed by atoms with van der Waals surface area (Å²) in [7, 11) is 0. The van der Waals surface area contributed by atoms with Gasteiger partial charge in [-0.1, -0.05) is 0 Å². The fraction of sp³-hybridized carbons (Fsp3) is 0.800. The van der Waals surface area contributed by atoms with Crippen molar-refractivity contribution in [2.45, 2.75) is 37.6 Å². The maximum absolute atomic E-state index is 11.0. The van der Waals surface area contributed by atoms with Gasteiger partial charge < -0.3 is 35.2 Å². The molecule has 1 aliphatic heterocycles. The number of aliphatic hydroxyl groups excluding tert-OH is 4. The molecule has 1 amide bonds. The number of carbonyl (C=O) groups is 2. The summed E-state index contributed by atoms with van der Waals surface area (Å²) in [5.41, 5.74) is 0. The van der Waals surface area contributed by atoms with Crippen molar-refractivity contribution < 1.29 is 39.5 Å². The molecule has 0 spiro atoms. The number of hydrogen-bond acceptors (Lipinski definition) is 8. The van der Waals surface area contributed by atoms with E-state index in [-0.39, 0.29) is 6.61 Å². The minimum atomic E-state index is -1.60. The molecular weight excluding hydrogens is 262 g/mol. The van der Waals surface area contributed by atoms with Crippen LogP contribution in [0.15, 0.2) is 0 Å². The van der Waals surface area contributed by atoms with Crippen LogP contribution in [-0.2, 0) is 19.1 Å². The zero-order valence-corrected chi connectivity index (χ0v) is 10.2. The van der Waals surface area contributed by atoms with Crippen molar-refractivity contribution in [2.75, 3.05) is 13.2 Å². The highest BCUT2D eigenvalue weighted by Gasteiger charge is 2.44. The molecule has 5 atom stereocenters. The molecule has 0 aliphatic carbocycles. The first-order valence-electron chi connectivity index (χ1n) is 5.60. The minimum Gasteiger partial charge on any atom is -0.463 e. The zero-order chi connectivity index (χ0) is 14.6. The van der Waals surface area contributed by atoms with Crippen LogP contribution in [0.4, 0.5) is 0 Å². The summed E-state index contributed by atoms with van der Waals surface area (Å²) in [6, 6.07) is -1.29. The van der Waals surface area contributed by atoms with E-state index in [1.165, 1.54) is 0 Å². The van der Waals surface area contributed by atoms with Gasteiger partial charge in [0, 0.05) is 6.92 Å². The van der Waals surface area contributed by atoms with Gasteiger partial charge in [0.15, 0.2) is 6.29 Å². The number of nitrogens with one attached hydrogen (secondary N) is 1. The predicted octanol–water partition coefficient (Wildman–Crippen LogP) is -3.53. The molecule has 0 bridgehead atoms. The predicted molar refractivity (Wildman–Crippen MR) is 58.5 cm³/mol. The molecule has 5 N–H and O–H groups in total. The van der Waals surface area contributed by atoms with Gasteiger partial charge in [-0.15, -0.1) is 0 Å². The summed E-state index contributed by atoms with van der Waals surface area (Å²) in [6.07, 6.45) is -5.71. The number of carbonyl (C=O) groups excluding carboxylic acids is 2. The van der Waals surface area contributed by atoms with Crippen LogP contribution >= 0.6 is 0 Å². The number of rotatable bonds is 4. The third-order valence-corrected chi connectivity index (χ3v) is 2.64. The van der Waals surface area contributed by atoms with Crippen LogP contribution in [0.2, 0.25) is 0 Å². The van der Waals surface area contributed by atoms with Crippen molar-refractivity contribution in [3.05, 3.63) is 0 Å². The quantitative estimate of drug-likeness (QED) is 0.333. The van der Waals surface area contributed by atoms with Crippen LogP contribution in [0, 0.1) is 0 Å². The lowest BCUT2D eigenvalue weighted by molar-refractivity contribution is -0.255. The van der Waals surface area contributed by atoms with Gasteiger partial charge >= 0.3 is 5.97 Å². The maximum Gasteiger partial charge on any atom is 0.302 e. The third kappa shape index (κ3) is 4.11. The first-order valence-corrected chi connectivity index (χ1v) is 5.60. The molecule has 3 unspecified atom stereocenters. The van der Waals surface area contributed by atoms with Crippen LogP contribution in [-0.4, -0.2) is 76.2 Å². The standard InChI is InChI=1S/C10H17NO8/c1-4(13)18-3-5-8(15)9(16)7(10(17)19-5)11-6(14)2-12/h5,7-10,12,15-17H,2-3H2,1H3,(H,11,14)/t5?,7?,8-,9?,10-/m1/s1. The van der Waals surface area contributed by atoms with E-state index in [0.717, 1.165) is 6.92 Å². The maximum atomic E-state index is 11.0. The highest BCUT2D eigenvalue weighted by molar-refractivity contribution is 5.77. The van der Waals surface area contributed by atoms with Gasteiger partial charge in [0.05, 0.1) is 0 Å². The SMILES string of the molecule is CC(=O)OCC1O[C@@H](O)C(NC(=O)CO)C(O)[C@@H]1O. The Bertz CT molecular complexity index is 335. The average Bonchev–Trinajstić information content (AvgIpc) is 2.36. The smallest absolute Gasteiger partial charge is 0.302 e. The van der Waals surface area contributed by atoms with Gasteiger partial charge in [-0.3, -0.25) is 9.59 Å². The Labute approximate surface area is 108 Å². The molecule has 0 saturated carbocycles. The lowest BCUT2D eigenvalue weighted by Gasteiger charge is -2.40. The Kier molecular flexibility index (Phi) is 5.63. The summed E-state index contributed by atoms with van der Waals surface area (Å²) in [5.74, 6) is -1.44. The molecule has 1 rings (SSSR count). The number of ether oxygens (including phenoxy) is 2. The minimum absolute atomic E-state index is 0.342. The molecule has 110 valence electrons. The van der Waals surface area contributed by atoms with E-state index < -0.39 is 49.1 Å². The topological polar surface area (TPSA) is 146 Å². The molecule has 0 radical (unpaired) electrons. The van der Waals surface area contributed by atoms with Crippen molar-refractivity contribution >= 4 is 11.9 Å². The highest BCUT2D eigenvalue weighted by Crippen LogP contribution is 2.20. The highest BCUT2D eigenvalue weighted by atomic mass is 16.6. The van der Waals surface area contributed by atoms with Gasteiger partial charge in [0.1, 0.15) is 37.6 Å². The first-order chi connectivity index (χ1) is 8.86. The van der Waals surface area contributed by atoms with Crippen LogP contribution in [0.25, 0.3) is 0 Å². The van der Waals surface area contributed by atoms with E-state index in [9.17, 15) is 24.9 Å². The first kappa shape index (κ1) is 15.8. The lowest BCUT2D eigenvalue weighted by atomic mass is 9.97. The summed E-state index contributed by atoms with van der Waals surface area (Å²) in [4.78, 5) is 21.6. The number of esters is 1. The monoisotopic (exact) mass is 279 g/mol. The lowest BCUT2D eigenvalue weighted by Crippen LogP contribution is -2.64. The Balaban J connectivity index is 2.64. The Morgan fingerprint density at radius 3 is 2.42 bits per heavy atom.